The quantitative estimate of drug-likeness (QED) is 0.0782. The Hall–Kier alpha value is -3.44. The fourth-order valence-corrected chi connectivity index (χ4v) is 3.89. The van der Waals surface area contributed by atoms with Crippen molar-refractivity contribution in [1.29, 1.82) is 0 Å². The van der Waals surface area contributed by atoms with Gasteiger partial charge in [0.05, 0.1) is 5.57 Å². The van der Waals surface area contributed by atoms with Crippen molar-refractivity contribution >= 4 is 12.6 Å². The third kappa shape index (κ3) is 12.8. The predicted octanol–water partition coefficient (Wildman–Crippen LogP) is 7.56. The minimum absolute atomic E-state index is 0.165. The van der Waals surface area contributed by atoms with E-state index in [1.807, 2.05) is 52.0 Å². The van der Waals surface area contributed by atoms with Crippen LogP contribution >= 0.6 is 0 Å². The molecule has 4 N–H and O–H groups in total. The van der Waals surface area contributed by atoms with Crippen LogP contribution in [-0.4, -0.2) is 32.3 Å². The second kappa shape index (κ2) is 20.5. The second-order valence-corrected chi connectivity index (χ2v) is 9.29. The summed E-state index contributed by atoms with van der Waals surface area (Å²) in [5.41, 5.74) is 14.3. The molecule has 0 saturated carbocycles. The van der Waals surface area contributed by atoms with E-state index in [1.54, 1.807) is 6.92 Å². The Kier molecular flexibility index (Phi) is 18.7. The number of nitrogens with two attached hydrogens (primary N) is 1. The molecule has 0 radical (unpaired) electrons. The average molecular weight is 533 g/mol. The van der Waals surface area contributed by atoms with Gasteiger partial charge in [0.25, 0.3) is 5.91 Å². The maximum atomic E-state index is 13.0. The van der Waals surface area contributed by atoms with E-state index in [9.17, 15) is 4.79 Å². The lowest BCUT2D eigenvalue weighted by molar-refractivity contribution is -0.117. The Balaban J connectivity index is 6.62. The van der Waals surface area contributed by atoms with Crippen molar-refractivity contribution in [2.45, 2.75) is 74.7 Å². The van der Waals surface area contributed by atoms with Gasteiger partial charge in [0.1, 0.15) is 0 Å². The van der Waals surface area contributed by atoms with Gasteiger partial charge in [-0.05, 0) is 94.7 Å². The second-order valence-electron chi connectivity index (χ2n) is 9.29. The Labute approximate surface area is 238 Å². The van der Waals surface area contributed by atoms with Crippen molar-refractivity contribution < 1.29 is 4.79 Å². The molecule has 39 heavy (non-hydrogen) atoms. The van der Waals surface area contributed by atoms with Crippen LogP contribution in [0.4, 0.5) is 0 Å². The zero-order valence-corrected chi connectivity index (χ0v) is 25.7. The van der Waals surface area contributed by atoms with E-state index in [2.05, 4.69) is 74.0 Å². The zero-order valence-electron chi connectivity index (χ0n) is 25.7. The molecule has 0 fully saturated rings. The number of carbonyl (C=O) groups excluding carboxylic acids is 1. The number of likely N-dealkylation sites (N-methyl/N-ethyl adjacent to an activating group) is 1. The van der Waals surface area contributed by atoms with Gasteiger partial charge < -0.3 is 16.4 Å². The summed E-state index contributed by atoms with van der Waals surface area (Å²) >= 11 is 0. The first-order valence-electron chi connectivity index (χ1n) is 14.0. The van der Waals surface area contributed by atoms with Crippen LogP contribution in [0.1, 0.15) is 74.7 Å². The highest BCUT2D eigenvalue weighted by molar-refractivity contribution is 5.98. The fourth-order valence-electron chi connectivity index (χ4n) is 3.89. The molecule has 5 heteroatoms. The largest absolute Gasteiger partial charge is 0.399 e. The first kappa shape index (κ1) is 35.6. The van der Waals surface area contributed by atoms with E-state index in [0.29, 0.717) is 30.1 Å². The number of unbranched alkanes of at least 4 members (excludes halogenated alkanes) is 1. The van der Waals surface area contributed by atoms with Crippen molar-refractivity contribution in [3.8, 4) is 0 Å². The van der Waals surface area contributed by atoms with Gasteiger partial charge in [-0.3, -0.25) is 9.79 Å². The van der Waals surface area contributed by atoms with E-state index in [4.69, 9.17) is 5.73 Å². The molecule has 0 aliphatic heterocycles. The topological polar surface area (TPSA) is 79.5 Å². The molecule has 0 aliphatic rings. The van der Waals surface area contributed by atoms with Gasteiger partial charge in [-0.1, -0.05) is 76.3 Å². The number of carbonyl (C=O) groups is 1. The molecule has 0 atom stereocenters. The Bertz CT molecular complexity index is 1090. The molecule has 0 aromatic heterocycles. The number of amides is 1. The highest BCUT2D eigenvalue weighted by Crippen LogP contribution is 2.26. The molecule has 0 bridgehead atoms. The number of nitrogens with one attached hydrogen (secondary N) is 2. The highest BCUT2D eigenvalue weighted by Gasteiger charge is 2.14. The zero-order chi connectivity index (χ0) is 29.8. The summed E-state index contributed by atoms with van der Waals surface area (Å²) in [5, 5.41) is 6.17. The normalized spacial score (nSPS) is 15.2. The molecule has 0 heterocycles. The van der Waals surface area contributed by atoms with Crippen molar-refractivity contribution in [1.82, 2.24) is 10.6 Å². The summed E-state index contributed by atoms with van der Waals surface area (Å²) in [6, 6.07) is 0. The van der Waals surface area contributed by atoms with E-state index in [-0.39, 0.29) is 5.91 Å². The van der Waals surface area contributed by atoms with Crippen molar-refractivity contribution in [2.24, 2.45) is 10.7 Å². The van der Waals surface area contributed by atoms with Crippen LogP contribution in [-0.2, 0) is 4.79 Å². The first-order chi connectivity index (χ1) is 18.6. The van der Waals surface area contributed by atoms with Crippen molar-refractivity contribution in [2.75, 3.05) is 19.6 Å². The lowest BCUT2D eigenvalue weighted by atomic mass is 9.93. The lowest BCUT2D eigenvalue weighted by Gasteiger charge is -2.14. The molecule has 0 aromatic rings. The van der Waals surface area contributed by atoms with Gasteiger partial charge in [0, 0.05) is 30.1 Å². The molecule has 5 nitrogen and oxygen atoms in total. The number of aliphatic imine (C=N–C) groups is 1. The van der Waals surface area contributed by atoms with Crippen LogP contribution in [0.2, 0.25) is 0 Å². The van der Waals surface area contributed by atoms with Crippen molar-refractivity contribution in [3.63, 3.8) is 0 Å². The van der Waals surface area contributed by atoms with E-state index < -0.39 is 0 Å². The summed E-state index contributed by atoms with van der Waals surface area (Å²) in [7, 11) is 0. The lowest BCUT2D eigenvalue weighted by Crippen LogP contribution is -2.33. The van der Waals surface area contributed by atoms with Crippen LogP contribution in [0.15, 0.2) is 111 Å². The Morgan fingerprint density at radius 1 is 1.03 bits per heavy atom. The van der Waals surface area contributed by atoms with Gasteiger partial charge >= 0.3 is 0 Å². The van der Waals surface area contributed by atoms with E-state index in [0.717, 1.165) is 59.2 Å². The SMILES string of the molecule is C=CC(/C(=C\CC)/C=C(C(/C)=C\C=C(C)\C(C(=O)NCCNCC)=C(\C)N=C)\C(N)=C/C)=C(C)/C=C\CCC. The summed E-state index contributed by atoms with van der Waals surface area (Å²) < 4.78 is 0. The summed E-state index contributed by atoms with van der Waals surface area (Å²) in [6.07, 6.45) is 19.5. The Morgan fingerprint density at radius 3 is 2.23 bits per heavy atom. The van der Waals surface area contributed by atoms with E-state index >= 15 is 0 Å². The summed E-state index contributed by atoms with van der Waals surface area (Å²) in [5.74, 6) is -0.165. The van der Waals surface area contributed by atoms with Crippen LogP contribution < -0.4 is 16.4 Å². The fraction of sp³-hybridized carbons (Fsp3) is 0.412. The maximum absolute atomic E-state index is 13.0. The summed E-state index contributed by atoms with van der Waals surface area (Å²) in [6.45, 7) is 25.9. The predicted molar refractivity (Wildman–Crippen MR) is 173 cm³/mol. The number of rotatable bonds is 17. The molecule has 0 saturated heterocycles. The molecular weight excluding hydrogens is 480 g/mol. The third-order valence-electron chi connectivity index (χ3n) is 6.17. The van der Waals surface area contributed by atoms with Crippen LogP contribution in [0, 0.1) is 0 Å². The molecule has 0 spiro atoms. The monoisotopic (exact) mass is 532 g/mol. The molecule has 1 amide bonds. The van der Waals surface area contributed by atoms with Gasteiger partial charge in [-0.15, -0.1) is 0 Å². The number of hydrogen-bond donors (Lipinski definition) is 3. The Morgan fingerprint density at radius 2 is 1.69 bits per heavy atom. The van der Waals surface area contributed by atoms with Crippen LogP contribution in [0.3, 0.4) is 0 Å². The van der Waals surface area contributed by atoms with Crippen LogP contribution in [0.5, 0.6) is 0 Å². The smallest absolute Gasteiger partial charge is 0.253 e. The minimum Gasteiger partial charge on any atom is -0.399 e. The highest BCUT2D eigenvalue weighted by atomic mass is 16.1. The molecule has 0 aromatic carbocycles. The van der Waals surface area contributed by atoms with Gasteiger partial charge in [0.2, 0.25) is 0 Å². The number of allylic oxidation sites excluding steroid dienone is 13. The third-order valence-corrected chi connectivity index (χ3v) is 6.17. The average Bonchev–Trinajstić information content (AvgIpc) is 2.92. The standard InChI is InChI=1S/C34H52N4O/c1-11-16-17-19-25(6)30(13-3)29(18-12-2)24-31(32(35)14-4)26(7)20-21-27(8)33(28(9)36-10)34(39)38-23-22-37-15-5/h13-14,17-21,24,37H,3,10-12,15-16,22-23,35H2,1-2,4-9H3,(H,38,39)/b19-17-,26-20-,27-21+,29-18-,30-25-,31-24-,32-14+,33-28+. The summed E-state index contributed by atoms with van der Waals surface area (Å²) in [4.78, 5) is 17.0. The number of nitrogens with zero attached hydrogens (tertiary/aromatic N) is 1. The van der Waals surface area contributed by atoms with Gasteiger partial charge in [-0.2, -0.15) is 0 Å². The molecule has 0 aliphatic carbocycles. The number of hydrogen-bond acceptors (Lipinski definition) is 4. The first-order valence-corrected chi connectivity index (χ1v) is 14.0. The molecule has 214 valence electrons. The maximum Gasteiger partial charge on any atom is 0.253 e. The van der Waals surface area contributed by atoms with E-state index in [1.165, 1.54) is 0 Å². The molecule has 0 rings (SSSR count). The van der Waals surface area contributed by atoms with Gasteiger partial charge in [0.15, 0.2) is 0 Å². The minimum atomic E-state index is -0.165. The molecule has 0 unspecified atom stereocenters. The molecular formula is C34H52N4O. The van der Waals surface area contributed by atoms with Crippen molar-refractivity contribution in [3.05, 3.63) is 106 Å². The van der Waals surface area contributed by atoms with Crippen LogP contribution in [0.25, 0.3) is 0 Å². The van der Waals surface area contributed by atoms with Gasteiger partial charge in [-0.25, -0.2) is 0 Å².